The summed E-state index contributed by atoms with van der Waals surface area (Å²) in [5.41, 5.74) is 0.598. The highest BCUT2D eigenvalue weighted by molar-refractivity contribution is 5.96. The first-order valence-corrected chi connectivity index (χ1v) is 11.8. The normalized spacial score (nSPS) is 14.4. The molecule has 36 heavy (non-hydrogen) atoms. The predicted molar refractivity (Wildman–Crippen MR) is 130 cm³/mol. The van der Waals surface area contributed by atoms with Crippen LogP contribution in [0.3, 0.4) is 0 Å². The van der Waals surface area contributed by atoms with E-state index in [9.17, 15) is 14.0 Å². The number of nitrogens with zero attached hydrogens (tertiary/aromatic N) is 3. The van der Waals surface area contributed by atoms with Crippen molar-refractivity contribution >= 4 is 12.0 Å². The number of pyridine rings is 1. The number of hydroxylamine groups is 2. The van der Waals surface area contributed by atoms with Crippen LogP contribution in [-0.4, -0.2) is 66.9 Å². The number of rotatable bonds is 7. The number of methoxy groups -OCH3 is 1. The van der Waals surface area contributed by atoms with E-state index >= 15 is 0 Å². The van der Waals surface area contributed by atoms with Gasteiger partial charge in [0.05, 0.1) is 19.8 Å². The number of piperidine rings is 1. The van der Waals surface area contributed by atoms with Crippen LogP contribution in [0, 0.1) is 5.82 Å². The van der Waals surface area contributed by atoms with E-state index < -0.39 is 17.3 Å². The SMILES string of the molecule is COc1cc(COc2cccc(C3CCN(C(=O)OC(C)(C)C)CC3)n2)c(F)cc1C(=O)N(C)OC. The average Bonchev–Trinajstić information content (AvgIpc) is 2.86. The Morgan fingerprint density at radius 1 is 1.17 bits per heavy atom. The summed E-state index contributed by atoms with van der Waals surface area (Å²) in [6.07, 6.45) is 1.21. The van der Waals surface area contributed by atoms with E-state index in [0.29, 0.717) is 19.0 Å². The molecule has 2 heterocycles. The van der Waals surface area contributed by atoms with Gasteiger partial charge in [0.25, 0.3) is 5.91 Å². The van der Waals surface area contributed by atoms with Crippen LogP contribution in [0.4, 0.5) is 9.18 Å². The molecule has 0 aliphatic carbocycles. The largest absolute Gasteiger partial charge is 0.496 e. The molecule has 10 heteroatoms. The van der Waals surface area contributed by atoms with Crippen molar-refractivity contribution in [2.24, 2.45) is 0 Å². The first-order chi connectivity index (χ1) is 17.0. The molecule has 3 rings (SSSR count). The molecule has 2 amide bonds. The minimum absolute atomic E-state index is 0.0425. The third-order valence-corrected chi connectivity index (χ3v) is 5.84. The highest BCUT2D eigenvalue weighted by Gasteiger charge is 2.28. The lowest BCUT2D eigenvalue weighted by atomic mass is 9.93. The van der Waals surface area contributed by atoms with Crippen molar-refractivity contribution in [3.63, 3.8) is 0 Å². The van der Waals surface area contributed by atoms with Crippen molar-refractivity contribution < 1.29 is 33.0 Å². The number of amides is 2. The Bertz CT molecular complexity index is 1080. The summed E-state index contributed by atoms with van der Waals surface area (Å²) in [6, 6.07) is 8.02. The van der Waals surface area contributed by atoms with E-state index in [1.807, 2.05) is 32.9 Å². The van der Waals surface area contributed by atoms with Crippen molar-refractivity contribution in [1.82, 2.24) is 14.9 Å². The molecular weight excluding hydrogens is 469 g/mol. The van der Waals surface area contributed by atoms with E-state index in [2.05, 4.69) is 4.98 Å². The number of carbonyl (C=O) groups excluding carboxylic acids is 2. The zero-order chi connectivity index (χ0) is 26.5. The molecule has 196 valence electrons. The van der Waals surface area contributed by atoms with Crippen LogP contribution in [0.25, 0.3) is 0 Å². The predicted octanol–water partition coefficient (Wildman–Crippen LogP) is 4.56. The topological polar surface area (TPSA) is 90.4 Å². The second-order valence-corrected chi connectivity index (χ2v) is 9.56. The molecule has 0 saturated carbocycles. The number of halogens is 1. The number of hydrogen-bond donors (Lipinski definition) is 0. The van der Waals surface area contributed by atoms with Crippen LogP contribution in [0.5, 0.6) is 11.6 Å². The van der Waals surface area contributed by atoms with Crippen molar-refractivity contribution in [2.75, 3.05) is 34.4 Å². The Morgan fingerprint density at radius 2 is 1.86 bits per heavy atom. The third kappa shape index (κ3) is 6.84. The Labute approximate surface area is 211 Å². The van der Waals surface area contributed by atoms with Crippen molar-refractivity contribution in [2.45, 2.75) is 51.7 Å². The Hall–Kier alpha value is -3.40. The van der Waals surface area contributed by atoms with E-state index in [4.69, 9.17) is 19.0 Å². The summed E-state index contributed by atoms with van der Waals surface area (Å²) in [5, 5.41) is 0.987. The smallest absolute Gasteiger partial charge is 0.410 e. The highest BCUT2D eigenvalue weighted by Crippen LogP contribution is 2.29. The van der Waals surface area contributed by atoms with Crippen LogP contribution in [-0.2, 0) is 16.2 Å². The van der Waals surface area contributed by atoms with Crippen molar-refractivity contribution in [3.05, 3.63) is 53.0 Å². The maximum atomic E-state index is 14.8. The Kier molecular flexibility index (Phi) is 8.73. The fourth-order valence-electron chi connectivity index (χ4n) is 3.87. The molecule has 1 fully saturated rings. The van der Waals surface area contributed by atoms with Crippen molar-refractivity contribution in [1.29, 1.82) is 0 Å². The van der Waals surface area contributed by atoms with Gasteiger partial charge in [-0.15, -0.1) is 0 Å². The number of likely N-dealkylation sites (tertiary alicyclic amines) is 1. The van der Waals surface area contributed by atoms with Crippen LogP contribution in [0.2, 0.25) is 0 Å². The fraction of sp³-hybridized carbons (Fsp3) is 0.500. The van der Waals surface area contributed by atoms with E-state index in [0.717, 1.165) is 29.7 Å². The summed E-state index contributed by atoms with van der Waals surface area (Å²) in [6.45, 7) is 6.63. The molecule has 0 spiro atoms. The summed E-state index contributed by atoms with van der Waals surface area (Å²) >= 11 is 0. The molecule has 0 radical (unpaired) electrons. The molecule has 1 aromatic carbocycles. The molecule has 9 nitrogen and oxygen atoms in total. The lowest BCUT2D eigenvalue weighted by Crippen LogP contribution is -2.41. The first kappa shape index (κ1) is 27.2. The van der Waals surface area contributed by atoms with Crippen LogP contribution < -0.4 is 9.47 Å². The van der Waals surface area contributed by atoms with Gasteiger partial charge in [0.15, 0.2) is 0 Å². The molecule has 0 unspecified atom stereocenters. The summed E-state index contributed by atoms with van der Waals surface area (Å²) in [5.74, 6) is -0.392. The van der Waals surface area contributed by atoms with Crippen LogP contribution >= 0.6 is 0 Å². The first-order valence-electron chi connectivity index (χ1n) is 11.8. The van der Waals surface area contributed by atoms with Gasteiger partial charge in [-0.25, -0.2) is 19.2 Å². The Balaban J connectivity index is 1.64. The van der Waals surface area contributed by atoms with Gasteiger partial charge in [0.2, 0.25) is 5.88 Å². The highest BCUT2D eigenvalue weighted by atomic mass is 19.1. The zero-order valence-electron chi connectivity index (χ0n) is 21.7. The van der Waals surface area contributed by atoms with E-state index in [1.54, 1.807) is 11.0 Å². The molecule has 0 bridgehead atoms. The van der Waals surface area contributed by atoms with Gasteiger partial charge in [-0.05, 0) is 51.8 Å². The summed E-state index contributed by atoms with van der Waals surface area (Å²) in [4.78, 5) is 35.9. The lowest BCUT2D eigenvalue weighted by Gasteiger charge is -2.33. The maximum Gasteiger partial charge on any atom is 0.410 e. The summed E-state index contributed by atoms with van der Waals surface area (Å²) < 4.78 is 31.3. The monoisotopic (exact) mass is 503 g/mol. The lowest BCUT2D eigenvalue weighted by molar-refractivity contribution is -0.0758. The molecule has 0 N–H and O–H groups in total. The van der Waals surface area contributed by atoms with Gasteiger partial charge in [-0.2, -0.15) is 0 Å². The molecule has 1 saturated heterocycles. The van der Waals surface area contributed by atoms with E-state index in [-0.39, 0.29) is 35.5 Å². The molecule has 1 aliphatic heterocycles. The number of carbonyl (C=O) groups is 2. The van der Waals surface area contributed by atoms with E-state index in [1.165, 1.54) is 27.3 Å². The Morgan fingerprint density at radius 3 is 2.47 bits per heavy atom. The summed E-state index contributed by atoms with van der Waals surface area (Å²) in [7, 11) is 4.17. The molecule has 1 aromatic heterocycles. The minimum atomic E-state index is -0.602. The molecule has 0 atom stereocenters. The van der Waals surface area contributed by atoms with Crippen LogP contribution in [0.1, 0.15) is 61.1 Å². The number of aromatic nitrogens is 1. The van der Waals surface area contributed by atoms with Gasteiger partial charge >= 0.3 is 6.09 Å². The van der Waals surface area contributed by atoms with Gasteiger partial charge < -0.3 is 19.1 Å². The second kappa shape index (κ2) is 11.6. The third-order valence-electron chi connectivity index (χ3n) is 5.84. The number of ether oxygens (including phenoxy) is 3. The number of benzene rings is 1. The molecule has 2 aromatic rings. The average molecular weight is 504 g/mol. The van der Waals surface area contributed by atoms with Gasteiger partial charge in [-0.3, -0.25) is 9.63 Å². The fourth-order valence-corrected chi connectivity index (χ4v) is 3.87. The maximum absolute atomic E-state index is 14.8. The molecule has 1 aliphatic rings. The van der Waals surface area contributed by atoms with Gasteiger partial charge in [0.1, 0.15) is 23.8 Å². The van der Waals surface area contributed by atoms with Crippen molar-refractivity contribution in [3.8, 4) is 11.6 Å². The number of hydrogen-bond acceptors (Lipinski definition) is 7. The quantitative estimate of drug-likeness (QED) is 0.512. The van der Waals surface area contributed by atoms with Gasteiger partial charge in [0, 0.05) is 43.4 Å². The standard InChI is InChI=1S/C26H34FN3O6/c1-26(2,3)36-25(32)30-12-10-17(11-13-30)21-8-7-9-23(28-21)35-16-18-14-22(33-5)19(15-20(18)27)24(31)29(4)34-6/h7-9,14-15,17H,10-13,16H2,1-6H3. The minimum Gasteiger partial charge on any atom is -0.496 e. The second-order valence-electron chi connectivity index (χ2n) is 9.56. The van der Waals surface area contributed by atoms with Crippen LogP contribution in [0.15, 0.2) is 30.3 Å². The van der Waals surface area contributed by atoms with Gasteiger partial charge in [-0.1, -0.05) is 6.07 Å². The molecular formula is C26H34FN3O6. The zero-order valence-corrected chi connectivity index (χ0v) is 21.7.